The fraction of sp³-hybridized carbons (Fsp3) is 0.175. The third kappa shape index (κ3) is 7.45. The van der Waals surface area contributed by atoms with Crippen molar-refractivity contribution in [1.82, 2.24) is 15.0 Å². The predicted molar refractivity (Wildman–Crippen MR) is 180 cm³/mol. The molecule has 0 saturated carbocycles. The Labute approximate surface area is 287 Å². The summed E-state index contributed by atoms with van der Waals surface area (Å²) in [6.45, 7) is 2.26. The molecule has 227 valence electrons. The number of hydrogen-bond acceptors (Lipinski definition) is 4. The Balaban J connectivity index is 0.000000249. The van der Waals surface area contributed by atoms with Crippen molar-refractivity contribution in [2.75, 3.05) is 0 Å². The zero-order valence-corrected chi connectivity index (χ0v) is 27.6. The summed E-state index contributed by atoms with van der Waals surface area (Å²) in [4.78, 5) is 12.9. The molecule has 7 rings (SSSR count). The summed E-state index contributed by atoms with van der Waals surface area (Å²) in [6.07, 6.45) is 3.98. The molecular weight excluding hydrogens is 731 g/mol. The molecule has 4 heterocycles. The fourth-order valence-corrected chi connectivity index (χ4v) is 5.00. The third-order valence-electron chi connectivity index (χ3n) is 7.36. The smallest absolute Gasteiger partial charge is 0.216 e. The average molecular weight is 772 g/mol. The van der Waals surface area contributed by atoms with Crippen LogP contribution in [-0.2, 0) is 31.9 Å². The van der Waals surface area contributed by atoms with Crippen molar-refractivity contribution in [1.29, 1.82) is 0 Å². The monoisotopic (exact) mass is 772 g/mol. The molecule has 7 aromatic rings. The Bertz CT molecular complexity index is 2240. The van der Waals surface area contributed by atoms with E-state index in [0.29, 0.717) is 11.3 Å². The van der Waals surface area contributed by atoms with Gasteiger partial charge in [-0.1, -0.05) is 74.2 Å². The normalized spacial score (nSPS) is 13.7. The molecule has 0 spiro atoms. The number of pyridine rings is 3. The number of nitrogens with zero attached hydrogens (tertiary/aromatic N) is 3. The molecule has 4 aromatic heterocycles. The van der Waals surface area contributed by atoms with Gasteiger partial charge in [-0.05, 0) is 77.4 Å². The largest absolute Gasteiger partial charge is 0.486 e. The van der Waals surface area contributed by atoms with Crippen LogP contribution in [0.5, 0.6) is 0 Å². The van der Waals surface area contributed by atoms with Crippen molar-refractivity contribution in [3.63, 3.8) is 0 Å². The SMILES string of the molecule is [2H]C([2H])([2H])c1ccc(-c2[c-]cccc2)nc1.[2H]C([2H])([2H])c1ccc2c(n1)oc1c(-c3cc(Cc4ccc(C(C)(C)C)cc4)ccn3)[c-]ccc12.[Ir]. The van der Waals surface area contributed by atoms with E-state index in [9.17, 15) is 0 Å². The summed E-state index contributed by atoms with van der Waals surface area (Å²) in [6, 6.07) is 36.9. The Hall–Kier alpha value is -4.44. The first kappa shape index (κ1) is 24.8. The maximum Gasteiger partial charge on any atom is 0.216 e. The van der Waals surface area contributed by atoms with Gasteiger partial charge in [-0.3, -0.25) is 0 Å². The second-order valence-corrected chi connectivity index (χ2v) is 11.6. The number of aryl methyl sites for hydroxylation is 2. The van der Waals surface area contributed by atoms with Gasteiger partial charge in [0.25, 0.3) is 0 Å². The van der Waals surface area contributed by atoms with Crippen LogP contribution in [0.4, 0.5) is 0 Å². The molecule has 1 radical (unpaired) electrons. The van der Waals surface area contributed by atoms with E-state index in [4.69, 9.17) is 12.6 Å². The van der Waals surface area contributed by atoms with Gasteiger partial charge in [-0.25, -0.2) is 4.98 Å². The summed E-state index contributed by atoms with van der Waals surface area (Å²) in [5, 5.41) is 1.63. The summed E-state index contributed by atoms with van der Waals surface area (Å²) in [5.41, 5.74) is 8.07. The first-order chi connectivity index (χ1) is 23.7. The van der Waals surface area contributed by atoms with Crippen LogP contribution in [0.25, 0.3) is 44.6 Å². The van der Waals surface area contributed by atoms with Crippen molar-refractivity contribution < 1.29 is 32.7 Å². The van der Waals surface area contributed by atoms with Gasteiger partial charge >= 0.3 is 0 Å². The van der Waals surface area contributed by atoms with Crippen LogP contribution < -0.4 is 0 Å². The molecule has 4 nitrogen and oxygen atoms in total. The number of rotatable bonds is 4. The van der Waals surface area contributed by atoms with Crippen LogP contribution in [0.2, 0.25) is 0 Å². The van der Waals surface area contributed by atoms with E-state index in [1.54, 1.807) is 30.5 Å². The maximum atomic E-state index is 7.63. The van der Waals surface area contributed by atoms with Gasteiger partial charge in [-0.2, -0.15) is 0 Å². The Kier molecular flexibility index (Phi) is 7.55. The van der Waals surface area contributed by atoms with E-state index in [0.717, 1.165) is 45.3 Å². The molecule has 0 atom stereocenters. The van der Waals surface area contributed by atoms with E-state index in [1.165, 1.54) is 23.4 Å². The van der Waals surface area contributed by atoms with E-state index < -0.39 is 13.7 Å². The van der Waals surface area contributed by atoms with Crippen LogP contribution in [0.3, 0.4) is 0 Å². The molecule has 0 aliphatic heterocycles. The Morgan fingerprint density at radius 1 is 0.778 bits per heavy atom. The zero-order chi connectivity index (χ0) is 35.7. The Morgan fingerprint density at radius 3 is 2.36 bits per heavy atom. The zero-order valence-electron chi connectivity index (χ0n) is 31.2. The minimum absolute atomic E-state index is 0. The molecule has 0 aliphatic carbocycles. The molecule has 0 bridgehead atoms. The van der Waals surface area contributed by atoms with Crippen LogP contribution in [0, 0.1) is 25.8 Å². The van der Waals surface area contributed by atoms with E-state index in [1.807, 2.05) is 36.4 Å². The minimum Gasteiger partial charge on any atom is -0.486 e. The standard InChI is InChI=1S/C28H25N2O.C12H10N.Ir/c1-18-8-13-23-22-6-5-7-24(26(22)31-27(23)30-18)25-17-20(14-15-29-25)16-19-9-11-21(12-10-19)28(2,3)4;1-10-7-8-12(13-9-10)11-5-3-2-4-6-11;/h5-6,8-15,17H,16H2,1-4H3;2-5,7-9H,1H3;/q2*-1;/i2*1D3;. The van der Waals surface area contributed by atoms with Gasteiger partial charge in [0, 0.05) is 51.8 Å². The van der Waals surface area contributed by atoms with Gasteiger partial charge in [0.05, 0.1) is 5.58 Å². The van der Waals surface area contributed by atoms with E-state index in [-0.39, 0.29) is 36.8 Å². The van der Waals surface area contributed by atoms with Crippen molar-refractivity contribution in [2.45, 2.75) is 46.3 Å². The molecule has 3 aromatic carbocycles. The number of furan rings is 1. The second-order valence-electron chi connectivity index (χ2n) is 11.6. The first-order valence-corrected chi connectivity index (χ1v) is 14.4. The van der Waals surface area contributed by atoms with Gasteiger partial charge in [-0.15, -0.1) is 54.1 Å². The van der Waals surface area contributed by atoms with Gasteiger partial charge < -0.3 is 14.4 Å². The molecule has 0 N–H and O–H groups in total. The third-order valence-corrected chi connectivity index (χ3v) is 7.36. The fourth-order valence-electron chi connectivity index (χ4n) is 5.00. The second kappa shape index (κ2) is 13.7. The van der Waals surface area contributed by atoms with E-state index in [2.05, 4.69) is 78.2 Å². The number of benzene rings is 3. The van der Waals surface area contributed by atoms with Gasteiger partial charge in [0.1, 0.15) is 0 Å². The van der Waals surface area contributed by atoms with Crippen molar-refractivity contribution >= 4 is 22.1 Å². The van der Waals surface area contributed by atoms with E-state index >= 15 is 0 Å². The molecular formula is C40H35IrN3O-2. The summed E-state index contributed by atoms with van der Waals surface area (Å²) in [7, 11) is 0. The summed E-state index contributed by atoms with van der Waals surface area (Å²) in [5.74, 6) is 0. The van der Waals surface area contributed by atoms with Gasteiger partial charge in [0.15, 0.2) is 0 Å². The van der Waals surface area contributed by atoms with Crippen LogP contribution in [0.15, 0.2) is 114 Å². The topological polar surface area (TPSA) is 51.8 Å². The molecule has 0 fully saturated rings. The summed E-state index contributed by atoms with van der Waals surface area (Å²) < 4.78 is 50.6. The predicted octanol–water partition coefficient (Wildman–Crippen LogP) is 9.89. The minimum atomic E-state index is -2.29. The number of hydrogen-bond donors (Lipinski definition) is 0. The van der Waals surface area contributed by atoms with Crippen molar-refractivity contribution in [3.05, 3.63) is 150 Å². The quantitative estimate of drug-likeness (QED) is 0.167. The van der Waals surface area contributed by atoms with Crippen molar-refractivity contribution in [2.24, 2.45) is 0 Å². The molecule has 45 heavy (non-hydrogen) atoms. The molecule has 0 unspecified atom stereocenters. The molecule has 0 saturated heterocycles. The van der Waals surface area contributed by atoms with Crippen molar-refractivity contribution in [3.8, 4) is 22.5 Å². The molecule has 5 heteroatoms. The average Bonchev–Trinajstić information content (AvgIpc) is 3.47. The number of aromatic nitrogens is 3. The van der Waals surface area contributed by atoms with Crippen LogP contribution in [0.1, 0.15) is 56.9 Å². The van der Waals surface area contributed by atoms with Gasteiger partial charge in [0.2, 0.25) is 5.71 Å². The maximum absolute atomic E-state index is 7.63. The van der Waals surface area contributed by atoms with Crippen LogP contribution in [-0.4, -0.2) is 15.0 Å². The molecule has 0 amide bonds. The number of fused-ring (bicyclic) bond motifs is 3. The molecule has 0 aliphatic rings. The summed E-state index contributed by atoms with van der Waals surface area (Å²) >= 11 is 0. The van der Waals surface area contributed by atoms with Crippen LogP contribution >= 0.6 is 0 Å². The first-order valence-electron chi connectivity index (χ1n) is 17.4. The Morgan fingerprint density at radius 2 is 1.64 bits per heavy atom.